The smallest absolute Gasteiger partial charge is 0.344 e. The van der Waals surface area contributed by atoms with E-state index in [-0.39, 0.29) is 18.2 Å². The molecule has 0 aromatic heterocycles. The van der Waals surface area contributed by atoms with Crippen molar-refractivity contribution in [3.05, 3.63) is 29.8 Å². The second-order valence-electron chi connectivity index (χ2n) is 8.27. The highest BCUT2D eigenvalue weighted by atomic mass is 16.5. The Kier molecular flexibility index (Phi) is 7.31. The number of urea groups is 1. The van der Waals surface area contributed by atoms with E-state index in [0.29, 0.717) is 26.0 Å². The molecule has 0 unspecified atom stereocenters. The van der Waals surface area contributed by atoms with Crippen molar-refractivity contribution in [2.75, 3.05) is 26.7 Å². The summed E-state index contributed by atoms with van der Waals surface area (Å²) in [4.78, 5) is 39.2. The molecule has 3 rings (SSSR count). The fourth-order valence-electron chi connectivity index (χ4n) is 4.04. The first-order valence-electron chi connectivity index (χ1n) is 10.7. The van der Waals surface area contributed by atoms with E-state index in [1.54, 1.807) is 0 Å². The lowest BCUT2D eigenvalue weighted by molar-refractivity contribution is -0.140. The molecule has 1 aromatic carbocycles. The second kappa shape index (κ2) is 9.93. The monoisotopic (exact) mass is 416 g/mol. The van der Waals surface area contributed by atoms with Crippen LogP contribution in [-0.2, 0) is 9.59 Å². The van der Waals surface area contributed by atoms with Crippen molar-refractivity contribution < 1.29 is 19.1 Å². The van der Waals surface area contributed by atoms with Crippen molar-refractivity contribution in [1.82, 2.24) is 20.7 Å². The lowest BCUT2D eigenvalue weighted by Crippen LogP contribution is -2.51. The van der Waals surface area contributed by atoms with E-state index in [1.807, 2.05) is 43.1 Å². The summed E-state index contributed by atoms with van der Waals surface area (Å²) in [7, 11) is 1.94. The zero-order valence-electron chi connectivity index (χ0n) is 17.9. The number of carbonyl (C=O) groups is 3. The quantitative estimate of drug-likeness (QED) is 0.476. The second-order valence-corrected chi connectivity index (χ2v) is 8.27. The number of imide groups is 1. The van der Waals surface area contributed by atoms with E-state index >= 15 is 0 Å². The molecule has 0 radical (unpaired) electrons. The summed E-state index contributed by atoms with van der Waals surface area (Å²) in [5, 5.41) is 3.65. The van der Waals surface area contributed by atoms with Gasteiger partial charge < -0.3 is 15.0 Å². The number of aryl methyl sites for hydroxylation is 1. The zero-order valence-corrected chi connectivity index (χ0v) is 17.9. The summed E-state index contributed by atoms with van der Waals surface area (Å²) < 4.78 is 5.79. The van der Waals surface area contributed by atoms with Gasteiger partial charge >= 0.3 is 6.03 Å². The Hall–Kier alpha value is -2.61. The molecule has 30 heavy (non-hydrogen) atoms. The Morgan fingerprint density at radius 3 is 2.67 bits per heavy atom. The van der Waals surface area contributed by atoms with Gasteiger partial charge in [0.15, 0.2) is 0 Å². The standard InChI is InChI=1S/C22H32N4O4/c1-17-9-4-5-10-18(17)30-16-8-14-25(2)15-11-19(27)24-26-20(28)22(23-21(26)29)12-6-3-7-13-22/h4-5,9-10H,3,6-8,11-16H2,1-2H3,(H,23,29)(H,24,27). The topological polar surface area (TPSA) is 91.0 Å². The molecule has 8 heteroatoms. The van der Waals surface area contributed by atoms with Gasteiger partial charge in [0.05, 0.1) is 6.61 Å². The Labute approximate surface area is 177 Å². The summed E-state index contributed by atoms with van der Waals surface area (Å²) in [5.41, 5.74) is 2.77. The Morgan fingerprint density at radius 2 is 1.93 bits per heavy atom. The summed E-state index contributed by atoms with van der Waals surface area (Å²) >= 11 is 0. The van der Waals surface area contributed by atoms with Crippen LogP contribution in [0, 0.1) is 6.92 Å². The molecule has 2 N–H and O–H groups in total. The first-order valence-corrected chi connectivity index (χ1v) is 10.7. The molecule has 0 bridgehead atoms. The molecule has 1 heterocycles. The number of amides is 4. The molecule has 4 amide bonds. The molecule has 8 nitrogen and oxygen atoms in total. The maximum Gasteiger partial charge on any atom is 0.344 e. The molecular weight excluding hydrogens is 384 g/mol. The number of nitrogens with zero attached hydrogens (tertiary/aromatic N) is 2. The Bertz CT molecular complexity index is 776. The van der Waals surface area contributed by atoms with E-state index in [9.17, 15) is 14.4 Å². The van der Waals surface area contributed by atoms with Crippen molar-refractivity contribution in [2.24, 2.45) is 0 Å². The van der Waals surface area contributed by atoms with Crippen LogP contribution < -0.4 is 15.5 Å². The lowest BCUT2D eigenvalue weighted by atomic mass is 9.82. The lowest BCUT2D eigenvalue weighted by Gasteiger charge is -2.30. The molecule has 2 aliphatic rings. The van der Waals surface area contributed by atoms with Gasteiger partial charge in [-0.15, -0.1) is 0 Å². The van der Waals surface area contributed by atoms with Gasteiger partial charge in [-0.1, -0.05) is 37.5 Å². The normalized spacial score (nSPS) is 18.0. The molecule has 1 aromatic rings. The molecule has 1 aliphatic heterocycles. The Balaban J connectivity index is 1.35. The number of ether oxygens (including phenoxy) is 1. The predicted octanol–water partition coefficient (Wildman–Crippen LogP) is 2.37. The fraction of sp³-hybridized carbons (Fsp3) is 0.591. The Morgan fingerprint density at radius 1 is 1.20 bits per heavy atom. The largest absolute Gasteiger partial charge is 0.493 e. The highest BCUT2D eigenvalue weighted by Gasteiger charge is 2.52. The predicted molar refractivity (Wildman–Crippen MR) is 113 cm³/mol. The van der Waals surface area contributed by atoms with Crippen LogP contribution in [0.2, 0.25) is 0 Å². The SMILES string of the molecule is Cc1ccccc1OCCCN(C)CCC(=O)NN1C(=O)NC2(CCCCC2)C1=O. The first kappa shape index (κ1) is 22.1. The van der Waals surface area contributed by atoms with E-state index in [1.165, 1.54) is 0 Å². The minimum Gasteiger partial charge on any atom is -0.493 e. The van der Waals surface area contributed by atoms with Gasteiger partial charge in [0, 0.05) is 19.5 Å². The number of nitrogens with one attached hydrogen (secondary N) is 2. The van der Waals surface area contributed by atoms with Crippen molar-refractivity contribution in [3.8, 4) is 5.75 Å². The highest BCUT2D eigenvalue weighted by Crippen LogP contribution is 2.32. The van der Waals surface area contributed by atoms with Gasteiger partial charge in [-0.05, 0) is 44.9 Å². The van der Waals surface area contributed by atoms with Gasteiger partial charge in [-0.25, -0.2) is 4.79 Å². The summed E-state index contributed by atoms with van der Waals surface area (Å²) in [5.74, 6) is 0.223. The number of hydrazine groups is 1. The average Bonchev–Trinajstić information content (AvgIpc) is 2.95. The van der Waals surface area contributed by atoms with Gasteiger partial charge in [-0.3, -0.25) is 15.0 Å². The van der Waals surface area contributed by atoms with Crippen LogP contribution in [0.4, 0.5) is 4.79 Å². The number of carbonyl (C=O) groups excluding carboxylic acids is 3. The molecular formula is C22H32N4O4. The van der Waals surface area contributed by atoms with Crippen molar-refractivity contribution in [3.63, 3.8) is 0 Å². The number of benzene rings is 1. The van der Waals surface area contributed by atoms with Gasteiger partial charge in [0.1, 0.15) is 11.3 Å². The molecule has 1 spiro atoms. The number of hydrogen-bond donors (Lipinski definition) is 2. The van der Waals surface area contributed by atoms with Gasteiger partial charge in [0.25, 0.3) is 5.91 Å². The number of rotatable bonds is 9. The summed E-state index contributed by atoms with van der Waals surface area (Å²) in [6.45, 7) is 3.93. The molecule has 164 valence electrons. The van der Waals surface area contributed by atoms with E-state index < -0.39 is 11.6 Å². The van der Waals surface area contributed by atoms with Crippen LogP contribution >= 0.6 is 0 Å². The summed E-state index contributed by atoms with van der Waals surface area (Å²) in [6, 6.07) is 7.37. The molecule has 0 atom stereocenters. The maximum absolute atomic E-state index is 12.7. The minimum atomic E-state index is -0.823. The fourth-order valence-corrected chi connectivity index (χ4v) is 4.04. The van der Waals surface area contributed by atoms with Crippen molar-refractivity contribution >= 4 is 17.8 Å². The number of para-hydroxylation sites is 1. The maximum atomic E-state index is 12.7. The van der Waals surface area contributed by atoms with E-state index in [2.05, 4.69) is 10.7 Å². The average molecular weight is 417 g/mol. The van der Waals surface area contributed by atoms with Crippen LogP contribution in [0.1, 0.15) is 50.5 Å². The molecule has 1 saturated carbocycles. The molecule has 1 aliphatic carbocycles. The minimum absolute atomic E-state index is 0.208. The van der Waals surface area contributed by atoms with Crippen molar-refractivity contribution in [2.45, 2.75) is 57.4 Å². The molecule has 2 fully saturated rings. The van der Waals surface area contributed by atoms with E-state index in [4.69, 9.17) is 4.74 Å². The van der Waals surface area contributed by atoms with Crippen LogP contribution in [0.25, 0.3) is 0 Å². The van der Waals surface area contributed by atoms with Crippen LogP contribution in [-0.4, -0.2) is 60.0 Å². The molecule has 1 saturated heterocycles. The van der Waals surface area contributed by atoms with Crippen LogP contribution in [0.15, 0.2) is 24.3 Å². The van der Waals surface area contributed by atoms with Crippen molar-refractivity contribution in [1.29, 1.82) is 0 Å². The van der Waals surface area contributed by atoms with Gasteiger partial charge in [-0.2, -0.15) is 5.01 Å². The van der Waals surface area contributed by atoms with Crippen LogP contribution in [0.3, 0.4) is 0 Å². The zero-order chi connectivity index (χ0) is 21.6. The highest BCUT2D eigenvalue weighted by molar-refractivity contribution is 6.08. The third-order valence-corrected chi connectivity index (χ3v) is 5.86. The van der Waals surface area contributed by atoms with Crippen LogP contribution in [0.5, 0.6) is 5.75 Å². The van der Waals surface area contributed by atoms with E-state index in [0.717, 1.165) is 48.5 Å². The van der Waals surface area contributed by atoms with Gasteiger partial charge in [0.2, 0.25) is 5.91 Å². The third-order valence-electron chi connectivity index (χ3n) is 5.86. The number of hydrogen-bond acceptors (Lipinski definition) is 5. The summed E-state index contributed by atoms with van der Waals surface area (Å²) in [6.07, 6.45) is 5.20. The third kappa shape index (κ3) is 5.30. The first-order chi connectivity index (χ1) is 14.4.